The minimum Gasteiger partial charge on any atom is -0.396 e. The second-order valence-corrected chi connectivity index (χ2v) is 9.48. The molecule has 2 aliphatic rings. The number of aryl methyl sites for hydroxylation is 2. The zero-order valence-corrected chi connectivity index (χ0v) is 19.9. The van der Waals surface area contributed by atoms with Crippen LogP contribution in [0.1, 0.15) is 64.6 Å². The van der Waals surface area contributed by atoms with Gasteiger partial charge in [-0.3, -0.25) is 19.3 Å². The monoisotopic (exact) mass is 457 g/mol. The molecule has 2 heterocycles. The molecule has 1 atom stereocenters. The number of carbonyl (C=O) groups excluding carboxylic acids is 1. The molecule has 0 saturated heterocycles. The third kappa shape index (κ3) is 3.44. The summed E-state index contributed by atoms with van der Waals surface area (Å²) in [5, 5.41) is 12.3. The predicted molar refractivity (Wildman–Crippen MR) is 133 cm³/mol. The van der Waals surface area contributed by atoms with E-state index in [2.05, 4.69) is 53.5 Å². The van der Waals surface area contributed by atoms with Crippen LogP contribution in [0.25, 0.3) is 0 Å². The molecule has 6 heteroatoms. The van der Waals surface area contributed by atoms with Gasteiger partial charge in [-0.2, -0.15) is 0 Å². The number of benzene rings is 2. The van der Waals surface area contributed by atoms with Gasteiger partial charge in [0.2, 0.25) is 0 Å². The van der Waals surface area contributed by atoms with Gasteiger partial charge in [0.25, 0.3) is 5.91 Å². The molecule has 0 spiro atoms. The van der Waals surface area contributed by atoms with E-state index < -0.39 is 0 Å². The lowest BCUT2D eigenvalue weighted by molar-refractivity contribution is 0.0419. The average Bonchev–Trinajstić information content (AvgIpc) is 2.99. The number of aliphatic hydroxyl groups excluding tert-OH is 1. The van der Waals surface area contributed by atoms with Crippen molar-refractivity contribution in [2.75, 3.05) is 11.6 Å². The second kappa shape index (κ2) is 8.76. The van der Waals surface area contributed by atoms with Crippen LogP contribution in [0, 0.1) is 6.92 Å². The van der Waals surface area contributed by atoms with Crippen molar-refractivity contribution >= 4 is 5.91 Å². The van der Waals surface area contributed by atoms with Gasteiger partial charge in [-0.15, -0.1) is 0 Å². The number of aromatic nitrogens is 1. The Bertz CT molecular complexity index is 1250. The standard InChI is InChI=1S/C28H31N3O3/c1-18(2)30-25(15-17-32)31(29-16-14-24(33)19(3)26(29)28(30)34)27-22-10-6-4-8-20(22)12-13-21-9-5-7-11-23(21)27/h4-11,14,16,18,25,27,32H,12-13,15,17H2,1-3H3. The lowest BCUT2D eigenvalue weighted by Gasteiger charge is -2.51. The first-order valence-corrected chi connectivity index (χ1v) is 12.0. The number of fused-ring (bicyclic) bond motifs is 3. The Hall–Kier alpha value is -3.38. The smallest absolute Gasteiger partial charge is 0.274 e. The minimum absolute atomic E-state index is 0.0534. The van der Waals surface area contributed by atoms with Gasteiger partial charge in [0.05, 0.1) is 6.04 Å². The van der Waals surface area contributed by atoms with Crippen molar-refractivity contribution in [3.63, 3.8) is 0 Å². The summed E-state index contributed by atoms with van der Waals surface area (Å²) < 4.78 is 1.88. The van der Waals surface area contributed by atoms with Crippen molar-refractivity contribution in [3.05, 3.63) is 105 Å². The van der Waals surface area contributed by atoms with Gasteiger partial charge in [-0.05, 0) is 55.9 Å². The van der Waals surface area contributed by atoms with Gasteiger partial charge in [0.1, 0.15) is 11.9 Å². The van der Waals surface area contributed by atoms with Gasteiger partial charge in [-0.1, -0.05) is 48.5 Å². The molecule has 1 unspecified atom stereocenters. The molecule has 6 nitrogen and oxygen atoms in total. The van der Waals surface area contributed by atoms with Crippen LogP contribution >= 0.6 is 0 Å². The van der Waals surface area contributed by atoms with Gasteiger partial charge in [-0.25, -0.2) is 0 Å². The Morgan fingerprint density at radius 2 is 1.53 bits per heavy atom. The number of rotatable bonds is 4. The summed E-state index contributed by atoms with van der Waals surface area (Å²) >= 11 is 0. The van der Waals surface area contributed by atoms with Crippen molar-refractivity contribution in [2.24, 2.45) is 0 Å². The second-order valence-electron chi connectivity index (χ2n) is 9.48. The van der Waals surface area contributed by atoms with Gasteiger partial charge < -0.3 is 10.0 Å². The molecule has 0 fully saturated rings. The number of hydrogen-bond acceptors (Lipinski definition) is 4. The first-order chi connectivity index (χ1) is 16.4. The van der Waals surface area contributed by atoms with Crippen LogP contribution in [0.3, 0.4) is 0 Å². The Morgan fingerprint density at radius 1 is 0.941 bits per heavy atom. The van der Waals surface area contributed by atoms with Crippen LogP contribution in [0.15, 0.2) is 65.6 Å². The Kier molecular flexibility index (Phi) is 5.78. The summed E-state index contributed by atoms with van der Waals surface area (Å²) in [6.45, 7) is 5.65. The van der Waals surface area contributed by atoms with Crippen LogP contribution in [0.5, 0.6) is 0 Å². The fraction of sp³-hybridized carbons (Fsp3) is 0.357. The Labute approximate surface area is 200 Å². The molecule has 2 aromatic carbocycles. The molecular formula is C28H31N3O3. The molecule has 1 aromatic heterocycles. The van der Waals surface area contributed by atoms with E-state index in [0.29, 0.717) is 17.7 Å². The van der Waals surface area contributed by atoms with Crippen molar-refractivity contribution in [2.45, 2.75) is 58.3 Å². The highest BCUT2D eigenvalue weighted by Gasteiger charge is 2.44. The lowest BCUT2D eigenvalue weighted by Crippen LogP contribution is -2.64. The van der Waals surface area contributed by atoms with Crippen LogP contribution in [-0.2, 0) is 12.8 Å². The molecule has 0 bridgehead atoms. The van der Waals surface area contributed by atoms with Gasteiger partial charge in [0.15, 0.2) is 5.43 Å². The molecule has 1 N–H and O–H groups in total. The molecule has 3 aromatic rings. The molecule has 176 valence electrons. The molecule has 0 saturated carbocycles. The largest absolute Gasteiger partial charge is 0.396 e. The summed E-state index contributed by atoms with van der Waals surface area (Å²) in [4.78, 5) is 28.2. The number of nitrogens with zero attached hydrogens (tertiary/aromatic N) is 3. The Morgan fingerprint density at radius 3 is 2.09 bits per heavy atom. The van der Waals surface area contributed by atoms with E-state index in [1.165, 1.54) is 28.3 Å². The highest BCUT2D eigenvalue weighted by molar-refractivity contribution is 5.95. The highest BCUT2D eigenvalue weighted by Crippen LogP contribution is 2.40. The SMILES string of the molecule is Cc1c2n(ccc1=O)N(C1c3ccccc3CCc3ccccc31)C(CCO)N(C(C)C)C2=O. The number of carbonyl (C=O) groups is 1. The minimum atomic E-state index is -0.379. The molecular weight excluding hydrogens is 426 g/mol. The zero-order valence-electron chi connectivity index (χ0n) is 19.9. The maximum atomic E-state index is 13.8. The zero-order chi connectivity index (χ0) is 24.0. The molecule has 1 amide bonds. The third-order valence-electron chi connectivity index (χ3n) is 7.20. The van der Waals surface area contributed by atoms with E-state index in [1.807, 2.05) is 23.4 Å². The quantitative estimate of drug-likeness (QED) is 0.651. The van der Waals surface area contributed by atoms with E-state index in [1.54, 1.807) is 13.1 Å². The maximum Gasteiger partial charge on any atom is 0.274 e. The summed E-state index contributed by atoms with van der Waals surface area (Å²) in [6.07, 6.45) is 3.61. The lowest BCUT2D eigenvalue weighted by atomic mass is 9.92. The molecule has 34 heavy (non-hydrogen) atoms. The molecule has 1 aliphatic carbocycles. The van der Waals surface area contributed by atoms with Crippen LogP contribution in [0.4, 0.5) is 0 Å². The van der Waals surface area contributed by atoms with Gasteiger partial charge >= 0.3 is 0 Å². The highest BCUT2D eigenvalue weighted by atomic mass is 16.3. The third-order valence-corrected chi connectivity index (χ3v) is 7.20. The molecule has 1 aliphatic heterocycles. The number of amides is 1. The van der Waals surface area contributed by atoms with Crippen molar-refractivity contribution in [1.82, 2.24) is 9.58 Å². The molecule has 5 rings (SSSR count). The summed E-state index contributed by atoms with van der Waals surface area (Å²) in [5.41, 5.74) is 5.63. The fourth-order valence-corrected chi connectivity index (χ4v) is 5.65. The normalized spacial score (nSPS) is 17.9. The van der Waals surface area contributed by atoms with E-state index in [4.69, 9.17) is 0 Å². The molecule has 0 radical (unpaired) electrons. The summed E-state index contributed by atoms with van der Waals surface area (Å²) in [6, 6.07) is 18.2. The summed E-state index contributed by atoms with van der Waals surface area (Å²) in [5.74, 6) is -0.171. The van der Waals surface area contributed by atoms with Crippen LogP contribution in [0.2, 0.25) is 0 Å². The topological polar surface area (TPSA) is 65.8 Å². The first kappa shape index (κ1) is 22.4. The van der Waals surface area contributed by atoms with E-state index in [-0.39, 0.29) is 36.2 Å². The van der Waals surface area contributed by atoms with E-state index in [0.717, 1.165) is 12.8 Å². The summed E-state index contributed by atoms with van der Waals surface area (Å²) in [7, 11) is 0. The van der Waals surface area contributed by atoms with Crippen molar-refractivity contribution in [3.8, 4) is 0 Å². The first-order valence-electron chi connectivity index (χ1n) is 12.0. The van der Waals surface area contributed by atoms with E-state index >= 15 is 0 Å². The fourth-order valence-electron chi connectivity index (χ4n) is 5.65. The maximum absolute atomic E-state index is 13.8. The van der Waals surface area contributed by atoms with Crippen molar-refractivity contribution in [1.29, 1.82) is 0 Å². The average molecular weight is 458 g/mol. The van der Waals surface area contributed by atoms with Crippen LogP contribution < -0.4 is 10.4 Å². The van der Waals surface area contributed by atoms with Gasteiger partial charge in [0, 0.05) is 36.9 Å². The number of hydrogen-bond donors (Lipinski definition) is 1. The number of pyridine rings is 1. The van der Waals surface area contributed by atoms with E-state index in [9.17, 15) is 14.7 Å². The number of aliphatic hydroxyl groups is 1. The predicted octanol–water partition coefficient (Wildman–Crippen LogP) is 3.56. The van der Waals surface area contributed by atoms with Crippen LogP contribution in [-0.4, -0.2) is 39.4 Å². The van der Waals surface area contributed by atoms with Crippen molar-refractivity contribution < 1.29 is 9.90 Å². The Balaban J connectivity index is 1.85.